The third-order valence-electron chi connectivity index (χ3n) is 7.63. The Morgan fingerprint density at radius 2 is 1.80 bits per heavy atom. The molecule has 1 fully saturated rings. The van der Waals surface area contributed by atoms with Crippen molar-refractivity contribution >= 4 is 56.5 Å². The summed E-state index contributed by atoms with van der Waals surface area (Å²) in [6.45, 7) is 4.75. The molecule has 1 atom stereocenters. The molecule has 9 nitrogen and oxygen atoms in total. The third-order valence-corrected chi connectivity index (χ3v) is 9.74. The number of benzene rings is 4. The zero-order valence-electron chi connectivity index (χ0n) is 24.4. The molecule has 3 heterocycles. The molecule has 1 saturated heterocycles. The van der Waals surface area contributed by atoms with Crippen LogP contribution in [0.25, 0.3) is 16.5 Å². The first-order valence-electron chi connectivity index (χ1n) is 14.5. The lowest BCUT2D eigenvalue weighted by molar-refractivity contribution is -0.132. The summed E-state index contributed by atoms with van der Waals surface area (Å²) in [7, 11) is 0. The number of nitrogens with zero attached hydrogens (tertiary/aromatic N) is 3. The summed E-state index contributed by atoms with van der Waals surface area (Å²) in [5, 5.41) is 22.9. The molecule has 0 saturated carbocycles. The molecule has 7 rings (SSSR count). The number of fused-ring (bicyclic) bond motifs is 2. The topological polar surface area (TPSA) is 111 Å². The number of carbonyl (C=O) groups excluding carboxylic acids is 2. The van der Waals surface area contributed by atoms with E-state index in [9.17, 15) is 14.7 Å². The minimum Gasteiger partial charge on any atom is -0.507 e. The molecule has 46 heavy (non-hydrogen) atoms. The molecule has 4 aromatic carbocycles. The normalized spacial score (nSPS) is 17.0. The predicted molar refractivity (Wildman–Crippen MR) is 178 cm³/mol. The highest BCUT2D eigenvalue weighted by molar-refractivity contribution is 8.00. The SMILES string of the molecule is C=CCOc1cccc([C@H]2C(=C(O)c3ccc4c(c3)OCCO4)C(=O)C(=O)N2c2nnc(SCc3cccc4ccccc34)s2)c1. The number of aromatic nitrogens is 2. The van der Waals surface area contributed by atoms with E-state index in [4.69, 9.17) is 14.2 Å². The lowest BCUT2D eigenvalue weighted by Gasteiger charge is -2.23. The molecule has 2 aliphatic heterocycles. The van der Waals surface area contributed by atoms with E-state index in [2.05, 4.69) is 41.0 Å². The second-order valence-corrected chi connectivity index (χ2v) is 12.7. The number of rotatable bonds is 9. The number of anilines is 1. The van der Waals surface area contributed by atoms with Crippen LogP contribution in [0.3, 0.4) is 0 Å². The number of carbonyl (C=O) groups is 2. The summed E-state index contributed by atoms with van der Waals surface area (Å²) in [5.41, 5.74) is 1.94. The Kier molecular flexibility index (Phi) is 8.17. The van der Waals surface area contributed by atoms with E-state index < -0.39 is 17.7 Å². The number of thioether (sulfide) groups is 1. The van der Waals surface area contributed by atoms with E-state index in [1.54, 1.807) is 48.5 Å². The summed E-state index contributed by atoms with van der Waals surface area (Å²) >= 11 is 2.71. The molecule has 1 aromatic heterocycles. The molecule has 1 N–H and O–H groups in total. The van der Waals surface area contributed by atoms with Crippen LogP contribution in [0.4, 0.5) is 5.13 Å². The predicted octanol–water partition coefficient (Wildman–Crippen LogP) is 6.95. The van der Waals surface area contributed by atoms with Gasteiger partial charge >= 0.3 is 5.91 Å². The van der Waals surface area contributed by atoms with Crippen LogP contribution < -0.4 is 19.1 Å². The van der Waals surface area contributed by atoms with E-state index >= 15 is 0 Å². The Labute approximate surface area is 272 Å². The highest BCUT2D eigenvalue weighted by atomic mass is 32.2. The number of ketones is 1. The van der Waals surface area contributed by atoms with Crippen LogP contribution >= 0.6 is 23.1 Å². The van der Waals surface area contributed by atoms with Gasteiger partial charge in [0.1, 0.15) is 31.3 Å². The number of Topliss-reactive ketones (excluding diaryl/α,β-unsaturated/α-hetero) is 1. The summed E-state index contributed by atoms with van der Waals surface area (Å²) in [4.78, 5) is 28.8. The van der Waals surface area contributed by atoms with Gasteiger partial charge in [-0.2, -0.15) is 0 Å². The quantitative estimate of drug-likeness (QED) is 0.0453. The summed E-state index contributed by atoms with van der Waals surface area (Å²) in [6.07, 6.45) is 1.62. The van der Waals surface area contributed by atoms with Gasteiger partial charge < -0.3 is 19.3 Å². The molecule has 0 aliphatic carbocycles. The second-order valence-electron chi connectivity index (χ2n) is 10.5. The lowest BCUT2D eigenvalue weighted by atomic mass is 9.95. The average molecular weight is 650 g/mol. The molecule has 0 bridgehead atoms. The van der Waals surface area contributed by atoms with Gasteiger partial charge in [-0.15, -0.1) is 10.2 Å². The second kappa shape index (κ2) is 12.7. The van der Waals surface area contributed by atoms with Gasteiger partial charge in [0.05, 0.1) is 11.6 Å². The largest absolute Gasteiger partial charge is 0.507 e. The number of aliphatic hydroxyl groups is 1. The van der Waals surface area contributed by atoms with Crippen molar-refractivity contribution in [2.24, 2.45) is 0 Å². The number of hydrogen-bond donors (Lipinski definition) is 1. The van der Waals surface area contributed by atoms with Gasteiger partial charge in [-0.3, -0.25) is 14.5 Å². The molecular weight excluding hydrogens is 623 g/mol. The first-order chi connectivity index (χ1) is 22.5. The summed E-state index contributed by atoms with van der Waals surface area (Å²) < 4.78 is 17.7. The molecule has 11 heteroatoms. The minimum absolute atomic E-state index is 0.0808. The minimum atomic E-state index is -0.996. The van der Waals surface area contributed by atoms with Crippen LogP contribution in [0.1, 0.15) is 22.7 Å². The van der Waals surface area contributed by atoms with Crippen molar-refractivity contribution in [1.29, 1.82) is 0 Å². The van der Waals surface area contributed by atoms with E-state index in [0.29, 0.717) is 51.7 Å². The molecule has 0 unspecified atom stereocenters. The monoisotopic (exact) mass is 649 g/mol. The zero-order chi connectivity index (χ0) is 31.6. The van der Waals surface area contributed by atoms with Crippen molar-refractivity contribution in [3.05, 3.63) is 120 Å². The maximum absolute atomic E-state index is 13.7. The highest BCUT2D eigenvalue weighted by Gasteiger charge is 2.48. The van der Waals surface area contributed by atoms with Crippen molar-refractivity contribution in [2.45, 2.75) is 16.1 Å². The number of hydrogen-bond acceptors (Lipinski definition) is 10. The summed E-state index contributed by atoms with van der Waals surface area (Å²) in [6, 6.07) is 25.3. The Hall–Kier alpha value is -5.13. The van der Waals surface area contributed by atoms with Crippen molar-refractivity contribution in [2.75, 3.05) is 24.7 Å². The molecule has 1 amide bonds. The van der Waals surface area contributed by atoms with Crippen LogP contribution in [-0.2, 0) is 15.3 Å². The van der Waals surface area contributed by atoms with Gasteiger partial charge in [-0.1, -0.05) is 90.4 Å². The first-order valence-corrected chi connectivity index (χ1v) is 16.3. The maximum atomic E-state index is 13.7. The van der Waals surface area contributed by atoms with Crippen LogP contribution in [0.2, 0.25) is 0 Å². The molecule has 0 radical (unpaired) electrons. The van der Waals surface area contributed by atoms with Crippen molar-refractivity contribution in [3.8, 4) is 17.2 Å². The van der Waals surface area contributed by atoms with Gasteiger partial charge in [0, 0.05) is 11.3 Å². The lowest BCUT2D eigenvalue weighted by Crippen LogP contribution is -2.29. The number of aliphatic hydroxyl groups excluding tert-OH is 1. The fourth-order valence-corrected chi connectivity index (χ4v) is 7.41. The van der Waals surface area contributed by atoms with Gasteiger partial charge in [0.15, 0.2) is 15.8 Å². The average Bonchev–Trinajstić information content (AvgIpc) is 3.67. The van der Waals surface area contributed by atoms with Crippen LogP contribution in [0, 0.1) is 0 Å². The van der Waals surface area contributed by atoms with Gasteiger partial charge in [0.2, 0.25) is 5.13 Å². The third kappa shape index (κ3) is 5.59. The Balaban J connectivity index is 1.26. The fraction of sp³-hybridized carbons (Fsp3) is 0.143. The number of ether oxygens (including phenoxy) is 3. The van der Waals surface area contributed by atoms with Crippen LogP contribution in [0.5, 0.6) is 17.2 Å². The Morgan fingerprint density at radius 3 is 2.67 bits per heavy atom. The molecular formula is C35H27N3O6S2. The maximum Gasteiger partial charge on any atom is 0.301 e. The molecule has 5 aromatic rings. The van der Waals surface area contributed by atoms with E-state index in [-0.39, 0.29) is 23.1 Å². The van der Waals surface area contributed by atoms with Crippen LogP contribution in [-0.4, -0.2) is 46.8 Å². The Bertz CT molecular complexity index is 2020. The van der Waals surface area contributed by atoms with E-state index in [0.717, 1.165) is 16.3 Å². The Morgan fingerprint density at radius 1 is 1.00 bits per heavy atom. The molecule has 2 aliphatic rings. The molecule has 0 spiro atoms. The van der Waals surface area contributed by atoms with Gasteiger partial charge in [0.25, 0.3) is 5.78 Å². The first kappa shape index (κ1) is 29.6. The van der Waals surface area contributed by atoms with E-state index in [1.165, 1.54) is 28.0 Å². The van der Waals surface area contributed by atoms with Crippen LogP contribution in [0.15, 0.2) is 107 Å². The van der Waals surface area contributed by atoms with Crippen molar-refractivity contribution < 1.29 is 28.9 Å². The standard InChI is InChI=1S/C35H27N3O6S2/c1-2-15-42-25-11-6-9-22(18-25)30-29(31(39)23-13-14-27-28(19-23)44-17-16-43-27)32(40)33(41)38(30)34-36-37-35(46-34)45-20-24-10-5-8-21-7-3-4-12-26(21)24/h2-14,18-19,30,39H,1,15-17,20H2/t30-/m0/s1. The smallest absolute Gasteiger partial charge is 0.301 e. The van der Waals surface area contributed by atoms with Crippen molar-refractivity contribution in [1.82, 2.24) is 10.2 Å². The van der Waals surface area contributed by atoms with Gasteiger partial charge in [-0.05, 0) is 52.2 Å². The zero-order valence-corrected chi connectivity index (χ0v) is 26.1. The van der Waals surface area contributed by atoms with Crippen molar-refractivity contribution in [3.63, 3.8) is 0 Å². The van der Waals surface area contributed by atoms with E-state index in [1.807, 2.05) is 18.2 Å². The molecule has 230 valence electrons. The fourth-order valence-electron chi connectivity index (χ4n) is 5.54. The highest BCUT2D eigenvalue weighted by Crippen LogP contribution is 2.45. The summed E-state index contributed by atoms with van der Waals surface area (Å²) in [5.74, 6) is 0.150. The van der Waals surface area contributed by atoms with Gasteiger partial charge in [-0.25, -0.2) is 0 Å². The number of amides is 1.